The van der Waals surface area contributed by atoms with Crippen molar-refractivity contribution < 1.29 is 18.3 Å². The summed E-state index contributed by atoms with van der Waals surface area (Å²) in [7, 11) is 0. The molecule has 1 fully saturated rings. The number of rotatable bonds is 3. The van der Waals surface area contributed by atoms with E-state index in [4.69, 9.17) is 0 Å². The van der Waals surface area contributed by atoms with Gasteiger partial charge in [-0.25, -0.2) is 9.97 Å². The van der Waals surface area contributed by atoms with Gasteiger partial charge in [-0.15, -0.1) is 0 Å². The second-order valence-electron chi connectivity index (χ2n) is 6.91. The summed E-state index contributed by atoms with van der Waals surface area (Å²) in [5.74, 6) is 0.153. The highest BCUT2D eigenvalue weighted by Crippen LogP contribution is 2.45. The SMILES string of the molecule is CC1(C)CCC(CNc2nccc(C(F)(F)F)n2)CC1(C)O. The number of aromatic nitrogens is 2. The Morgan fingerprint density at radius 1 is 1.36 bits per heavy atom. The zero-order chi connectivity index (χ0) is 16.6. The Morgan fingerprint density at radius 2 is 2.05 bits per heavy atom. The van der Waals surface area contributed by atoms with Crippen molar-refractivity contribution >= 4 is 5.95 Å². The average molecular weight is 317 g/mol. The van der Waals surface area contributed by atoms with Crippen LogP contribution in [0.15, 0.2) is 12.3 Å². The summed E-state index contributed by atoms with van der Waals surface area (Å²) in [4.78, 5) is 7.30. The number of hydrogen-bond acceptors (Lipinski definition) is 4. The van der Waals surface area contributed by atoms with Crippen LogP contribution in [0.25, 0.3) is 0 Å². The number of anilines is 1. The number of halogens is 3. The smallest absolute Gasteiger partial charge is 0.390 e. The van der Waals surface area contributed by atoms with Gasteiger partial charge in [-0.2, -0.15) is 13.2 Å². The van der Waals surface area contributed by atoms with Gasteiger partial charge in [-0.1, -0.05) is 13.8 Å². The van der Waals surface area contributed by atoms with Crippen LogP contribution >= 0.6 is 0 Å². The molecule has 0 spiro atoms. The van der Waals surface area contributed by atoms with Crippen molar-refractivity contribution in [2.45, 2.75) is 51.8 Å². The number of nitrogens with zero attached hydrogens (tertiary/aromatic N) is 2. The van der Waals surface area contributed by atoms with Crippen molar-refractivity contribution in [2.24, 2.45) is 11.3 Å². The zero-order valence-electron chi connectivity index (χ0n) is 13.0. The van der Waals surface area contributed by atoms with Crippen LogP contribution < -0.4 is 5.32 Å². The largest absolute Gasteiger partial charge is 0.433 e. The van der Waals surface area contributed by atoms with E-state index in [-0.39, 0.29) is 17.3 Å². The summed E-state index contributed by atoms with van der Waals surface area (Å²) in [5.41, 5.74) is -1.90. The molecule has 22 heavy (non-hydrogen) atoms. The molecule has 7 heteroatoms. The Balaban J connectivity index is 1.97. The fourth-order valence-corrected chi connectivity index (χ4v) is 2.79. The first-order valence-corrected chi connectivity index (χ1v) is 7.38. The molecule has 124 valence electrons. The van der Waals surface area contributed by atoms with Crippen LogP contribution in [-0.4, -0.2) is 27.2 Å². The molecular formula is C15H22F3N3O. The lowest BCUT2D eigenvalue weighted by Crippen LogP contribution is -2.48. The van der Waals surface area contributed by atoms with Gasteiger partial charge < -0.3 is 10.4 Å². The van der Waals surface area contributed by atoms with Crippen molar-refractivity contribution in [1.82, 2.24) is 9.97 Å². The maximum absolute atomic E-state index is 12.6. The van der Waals surface area contributed by atoms with Gasteiger partial charge in [0.05, 0.1) is 5.60 Å². The maximum Gasteiger partial charge on any atom is 0.433 e. The molecule has 0 saturated heterocycles. The first-order chi connectivity index (χ1) is 10.0. The van der Waals surface area contributed by atoms with Gasteiger partial charge in [0.2, 0.25) is 5.95 Å². The summed E-state index contributed by atoms with van der Waals surface area (Å²) in [5, 5.41) is 13.4. The number of alkyl halides is 3. The monoisotopic (exact) mass is 317 g/mol. The second kappa shape index (κ2) is 5.68. The highest BCUT2D eigenvalue weighted by atomic mass is 19.4. The van der Waals surface area contributed by atoms with Crippen LogP contribution in [0.4, 0.5) is 19.1 Å². The summed E-state index contributed by atoms with van der Waals surface area (Å²) >= 11 is 0. The molecule has 1 saturated carbocycles. The summed E-state index contributed by atoms with van der Waals surface area (Å²) in [6.45, 7) is 6.34. The van der Waals surface area contributed by atoms with Gasteiger partial charge >= 0.3 is 6.18 Å². The van der Waals surface area contributed by atoms with Crippen molar-refractivity contribution in [3.05, 3.63) is 18.0 Å². The van der Waals surface area contributed by atoms with E-state index in [2.05, 4.69) is 15.3 Å². The van der Waals surface area contributed by atoms with Crippen LogP contribution in [0.3, 0.4) is 0 Å². The van der Waals surface area contributed by atoms with E-state index < -0.39 is 17.5 Å². The van der Waals surface area contributed by atoms with Crippen LogP contribution in [0.5, 0.6) is 0 Å². The highest BCUT2D eigenvalue weighted by Gasteiger charge is 2.44. The van der Waals surface area contributed by atoms with E-state index >= 15 is 0 Å². The van der Waals surface area contributed by atoms with Gasteiger partial charge in [-0.05, 0) is 43.6 Å². The molecular weight excluding hydrogens is 295 g/mol. The molecule has 1 aromatic rings. The van der Waals surface area contributed by atoms with Gasteiger partial charge in [-0.3, -0.25) is 0 Å². The third-order valence-electron chi connectivity index (χ3n) is 4.82. The molecule has 0 bridgehead atoms. The molecule has 1 aliphatic rings. The molecule has 0 amide bonds. The molecule has 1 aromatic heterocycles. The minimum Gasteiger partial charge on any atom is -0.390 e. The van der Waals surface area contributed by atoms with E-state index in [1.807, 2.05) is 20.8 Å². The van der Waals surface area contributed by atoms with Crippen molar-refractivity contribution in [3.63, 3.8) is 0 Å². The Morgan fingerprint density at radius 3 is 2.64 bits per heavy atom. The molecule has 2 rings (SSSR count). The van der Waals surface area contributed by atoms with Crippen LogP contribution in [0, 0.1) is 11.3 Å². The number of hydrogen-bond donors (Lipinski definition) is 2. The summed E-state index contributed by atoms with van der Waals surface area (Å²) < 4.78 is 37.8. The van der Waals surface area contributed by atoms with E-state index in [1.54, 1.807) is 0 Å². The first kappa shape index (κ1) is 17.0. The second-order valence-corrected chi connectivity index (χ2v) is 6.91. The zero-order valence-corrected chi connectivity index (χ0v) is 13.0. The Kier molecular flexibility index (Phi) is 4.39. The minimum atomic E-state index is -4.47. The summed E-state index contributed by atoms with van der Waals surface area (Å²) in [6, 6.07) is 0.846. The highest BCUT2D eigenvalue weighted by molar-refractivity contribution is 5.26. The molecule has 4 nitrogen and oxygen atoms in total. The predicted molar refractivity (Wildman–Crippen MR) is 77.3 cm³/mol. The van der Waals surface area contributed by atoms with E-state index in [9.17, 15) is 18.3 Å². The average Bonchev–Trinajstić information content (AvgIpc) is 2.40. The Bertz CT molecular complexity index is 529. The fourth-order valence-electron chi connectivity index (χ4n) is 2.79. The first-order valence-electron chi connectivity index (χ1n) is 7.38. The van der Waals surface area contributed by atoms with E-state index in [1.165, 1.54) is 0 Å². The molecule has 2 unspecified atom stereocenters. The van der Waals surface area contributed by atoms with Crippen molar-refractivity contribution in [3.8, 4) is 0 Å². The van der Waals surface area contributed by atoms with Crippen LogP contribution in [0.2, 0.25) is 0 Å². The number of aliphatic hydroxyl groups is 1. The van der Waals surface area contributed by atoms with Gasteiger partial charge in [0.25, 0.3) is 0 Å². The third-order valence-corrected chi connectivity index (χ3v) is 4.82. The van der Waals surface area contributed by atoms with Crippen molar-refractivity contribution in [1.29, 1.82) is 0 Å². The minimum absolute atomic E-state index is 0.0284. The lowest BCUT2D eigenvalue weighted by molar-refractivity contribution is -0.141. The maximum atomic E-state index is 12.6. The third kappa shape index (κ3) is 3.69. The van der Waals surface area contributed by atoms with Crippen LogP contribution in [0.1, 0.15) is 45.7 Å². The Labute approximate surface area is 128 Å². The van der Waals surface area contributed by atoms with Crippen LogP contribution in [-0.2, 0) is 6.18 Å². The normalized spacial score (nSPS) is 28.4. The van der Waals surface area contributed by atoms with Gasteiger partial charge in [0.15, 0.2) is 0 Å². The predicted octanol–water partition coefficient (Wildman–Crippen LogP) is 3.48. The molecule has 0 aliphatic heterocycles. The molecule has 1 heterocycles. The number of nitrogens with one attached hydrogen (secondary N) is 1. The van der Waals surface area contributed by atoms with E-state index in [0.29, 0.717) is 13.0 Å². The Hall–Kier alpha value is -1.37. The quantitative estimate of drug-likeness (QED) is 0.896. The van der Waals surface area contributed by atoms with E-state index in [0.717, 1.165) is 25.1 Å². The molecule has 2 N–H and O–H groups in total. The van der Waals surface area contributed by atoms with Gasteiger partial charge in [0, 0.05) is 12.7 Å². The lowest BCUT2D eigenvalue weighted by atomic mass is 9.63. The molecule has 0 aromatic carbocycles. The van der Waals surface area contributed by atoms with Crippen molar-refractivity contribution in [2.75, 3.05) is 11.9 Å². The fraction of sp³-hybridized carbons (Fsp3) is 0.733. The summed E-state index contributed by atoms with van der Waals surface area (Å²) in [6.07, 6.45) is -0.993. The lowest BCUT2D eigenvalue weighted by Gasteiger charge is -2.47. The molecule has 0 radical (unpaired) electrons. The topological polar surface area (TPSA) is 58.0 Å². The molecule has 2 atom stereocenters. The molecule has 1 aliphatic carbocycles. The van der Waals surface area contributed by atoms with Gasteiger partial charge in [0.1, 0.15) is 5.69 Å². The standard InChI is InChI=1S/C15H22F3N3O/c1-13(2)6-4-10(8-14(13,3)22)9-20-12-19-7-5-11(21-12)15(16,17)18/h5,7,10,22H,4,6,8-9H2,1-3H3,(H,19,20,21).